The van der Waals surface area contributed by atoms with Crippen LogP contribution in [0.3, 0.4) is 0 Å². The number of benzene rings is 1. The van der Waals surface area contributed by atoms with Crippen LogP contribution in [0, 0.1) is 18.2 Å². The normalized spacial score (nSPS) is 20.4. The van der Waals surface area contributed by atoms with Crippen molar-refractivity contribution in [2.75, 3.05) is 13.1 Å². The quantitative estimate of drug-likeness (QED) is 0.526. The molecule has 1 amide bonds. The molecular formula is C21H23FN2O7. The molecule has 2 heterocycles. The van der Waals surface area contributed by atoms with Gasteiger partial charge in [0.15, 0.2) is 5.43 Å². The molecule has 0 spiro atoms. The number of halogens is 1. The van der Waals surface area contributed by atoms with E-state index in [1.165, 1.54) is 29.2 Å². The smallest absolute Gasteiger partial charge is 0.314 e. The van der Waals surface area contributed by atoms with Crippen LogP contribution in [0.1, 0.15) is 28.2 Å². The largest absolute Gasteiger partial charge is 0.483 e. The minimum atomic E-state index is -1.67. The number of aliphatic hydroxyl groups is 1. The Morgan fingerprint density at radius 2 is 2.00 bits per heavy atom. The topological polar surface area (TPSA) is 148 Å². The molecule has 1 aliphatic rings. The van der Waals surface area contributed by atoms with Gasteiger partial charge in [-0.15, -0.1) is 0 Å². The van der Waals surface area contributed by atoms with Gasteiger partial charge in [-0.2, -0.15) is 0 Å². The van der Waals surface area contributed by atoms with Crippen molar-refractivity contribution >= 4 is 18.3 Å². The highest BCUT2D eigenvalue weighted by atomic mass is 19.1. The van der Waals surface area contributed by atoms with E-state index in [9.17, 15) is 29.0 Å². The first kappa shape index (κ1) is 23.7. The van der Waals surface area contributed by atoms with E-state index in [-0.39, 0.29) is 43.5 Å². The van der Waals surface area contributed by atoms with Crippen LogP contribution in [0.2, 0.25) is 0 Å². The zero-order valence-electron chi connectivity index (χ0n) is 16.7. The van der Waals surface area contributed by atoms with Crippen LogP contribution in [0.25, 0.3) is 0 Å². The number of carboxylic acids is 1. The van der Waals surface area contributed by atoms with Crippen molar-refractivity contribution < 1.29 is 34.1 Å². The number of amides is 1. The fourth-order valence-corrected chi connectivity index (χ4v) is 3.69. The number of aliphatic carboxylic acids is 1. The van der Waals surface area contributed by atoms with E-state index in [4.69, 9.17) is 9.90 Å². The number of nitrogens with one attached hydrogen (secondary N) is 1. The summed E-state index contributed by atoms with van der Waals surface area (Å²) in [5.74, 6) is -2.29. The molecule has 2 atom stereocenters. The average molecular weight is 434 g/mol. The van der Waals surface area contributed by atoms with Gasteiger partial charge in [-0.05, 0) is 37.5 Å². The number of hydrogen-bond acceptors (Lipinski definition) is 5. The van der Waals surface area contributed by atoms with Gasteiger partial charge < -0.3 is 25.2 Å². The lowest BCUT2D eigenvalue weighted by Gasteiger charge is -2.43. The van der Waals surface area contributed by atoms with Gasteiger partial charge in [-0.3, -0.25) is 19.2 Å². The molecule has 1 fully saturated rings. The van der Waals surface area contributed by atoms with Crippen LogP contribution in [0.5, 0.6) is 0 Å². The second-order valence-electron chi connectivity index (χ2n) is 7.32. The Labute approximate surface area is 176 Å². The number of aliphatic hydroxyl groups excluding tert-OH is 1. The molecule has 1 aliphatic heterocycles. The molecule has 0 bridgehead atoms. The fraction of sp³-hybridized carbons (Fsp3) is 0.333. The maximum atomic E-state index is 13.5. The van der Waals surface area contributed by atoms with Crippen molar-refractivity contribution in [3.63, 3.8) is 0 Å². The number of aromatic amines is 1. The molecule has 0 aliphatic carbocycles. The lowest BCUT2D eigenvalue weighted by molar-refractivity contribution is -0.161. The number of H-pyrrole nitrogens is 1. The summed E-state index contributed by atoms with van der Waals surface area (Å²) in [6.45, 7) is 1.28. The molecule has 166 valence electrons. The van der Waals surface area contributed by atoms with Gasteiger partial charge in [0.25, 0.3) is 12.4 Å². The molecule has 0 unspecified atom stereocenters. The maximum Gasteiger partial charge on any atom is 0.314 e. The summed E-state index contributed by atoms with van der Waals surface area (Å²) >= 11 is 0. The van der Waals surface area contributed by atoms with E-state index >= 15 is 0 Å². The van der Waals surface area contributed by atoms with Crippen molar-refractivity contribution in [2.45, 2.75) is 25.9 Å². The predicted octanol–water partition coefficient (Wildman–Crippen LogP) is 1.04. The second-order valence-corrected chi connectivity index (χ2v) is 7.32. The van der Waals surface area contributed by atoms with Crippen LogP contribution in [0.15, 0.2) is 41.2 Å². The zero-order chi connectivity index (χ0) is 23.2. The third-order valence-electron chi connectivity index (χ3n) is 5.11. The van der Waals surface area contributed by atoms with Crippen molar-refractivity contribution in [3.8, 4) is 0 Å². The fourth-order valence-electron chi connectivity index (χ4n) is 3.69. The van der Waals surface area contributed by atoms with Crippen LogP contribution in [-0.4, -0.2) is 62.7 Å². The Kier molecular flexibility index (Phi) is 7.65. The van der Waals surface area contributed by atoms with Gasteiger partial charge in [-0.1, -0.05) is 12.1 Å². The Hall–Kier alpha value is -3.53. The number of piperidine rings is 1. The molecule has 3 rings (SSSR count). The molecule has 1 aromatic heterocycles. The Morgan fingerprint density at radius 3 is 2.58 bits per heavy atom. The summed E-state index contributed by atoms with van der Waals surface area (Å²) in [6.07, 6.45) is -1.27. The van der Waals surface area contributed by atoms with Crippen molar-refractivity contribution in [2.24, 2.45) is 5.41 Å². The van der Waals surface area contributed by atoms with Crippen LogP contribution in [-0.2, 0) is 16.0 Å². The average Bonchev–Trinajstić information content (AvgIpc) is 2.69. The summed E-state index contributed by atoms with van der Waals surface area (Å²) in [4.78, 5) is 49.2. The highest BCUT2D eigenvalue weighted by molar-refractivity contribution is 5.93. The van der Waals surface area contributed by atoms with Crippen LogP contribution in [0.4, 0.5) is 4.39 Å². The first-order chi connectivity index (χ1) is 14.6. The third-order valence-corrected chi connectivity index (χ3v) is 5.11. The number of aromatic nitrogens is 1. The van der Waals surface area contributed by atoms with E-state index in [0.29, 0.717) is 11.3 Å². The van der Waals surface area contributed by atoms with Gasteiger partial charge in [0.1, 0.15) is 16.9 Å². The third kappa shape index (κ3) is 5.54. The molecule has 0 radical (unpaired) electrons. The molecule has 9 nitrogen and oxygen atoms in total. The minimum Gasteiger partial charge on any atom is -0.483 e. The van der Waals surface area contributed by atoms with Crippen molar-refractivity contribution in [1.82, 2.24) is 9.88 Å². The second kappa shape index (κ2) is 9.98. The Morgan fingerprint density at radius 1 is 1.32 bits per heavy atom. The number of carbonyl (C=O) groups is 3. The predicted molar refractivity (Wildman–Crippen MR) is 107 cm³/mol. The number of carbonyl (C=O) groups excluding carboxylic acids is 1. The zero-order valence-corrected chi connectivity index (χ0v) is 16.7. The highest BCUT2D eigenvalue weighted by Gasteiger charge is 2.50. The van der Waals surface area contributed by atoms with E-state index in [2.05, 4.69) is 4.98 Å². The molecule has 0 saturated carbocycles. The lowest BCUT2D eigenvalue weighted by Crippen LogP contribution is -2.58. The van der Waals surface area contributed by atoms with Crippen LogP contribution < -0.4 is 5.43 Å². The van der Waals surface area contributed by atoms with Crippen LogP contribution >= 0.6 is 0 Å². The first-order valence-electron chi connectivity index (χ1n) is 9.37. The maximum absolute atomic E-state index is 13.5. The van der Waals surface area contributed by atoms with Gasteiger partial charge in [-0.25, -0.2) is 4.39 Å². The number of carboxylic acid groups (broad SMARTS) is 2. The molecular weight excluding hydrogens is 411 g/mol. The van der Waals surface area contributed by atoms with Gasteiger partial charge in [0, 0.05) is 30.9 Å². The summed E-state index contributed by atoms with van der Waals surface area (Å²) < 4.78 is 13.5. The summed E-state index contributed by atoms with van der Waals surface area (Å²) in [7, 11) is 0. The van der Waals surface area contributed by atoms with E-state index in [0.717, 1.165) is 6.07 Å². The minimum absolute atomic E-state index is 0.0589. The molecule has 31 heavy (non-hydrogen) atoms. The standard InChI is InChI=1S/C20H21FN2O5.CH2O2/c1-12-7-15(24)9-16(22-12)18(26)23-6-5-17(25)20(11-23,19(27)28)10-13-3-2-4-14(21)8-13;2-1-3/h2-4,7-9,17,25H,5-6,10-11H2,1H3,(H,22,24)(H,27,28);1H,(H,2,3)/t17-,20+;/m0./s1. The molecule has 2 aromatic rings. The monoisotopic (exact) mass is 434 g/mol. The number of pyridine rings is 1. The lowest BCUT2D eigenvalue weighted by atomic mass is 9.72. The number of aryl methyl sites for hydroxylation is 1. The molecule has 10 heteroatoms. The summed E-state index contributed by atoms with van der Waals surface area (Å²) in [5.41, 5.74) is -1.02. The number of hydrogen-bond donors (Lipinski definition) is 4. The highest BCUT2D eigenvalue weighted by Crippen LogP contribution is 2.35. The molecule has 1 aromatic carbocycles. The van der Waals surface area contributed by atoms with E-state index in [1.54, 1.807) is 13.0 Å². The first-order valence-corrected chi connectivity index (χ1v) is 9.37. The van der Waals surface area contributed by atoms with Crippen molar-refractivity contribution in [1.29, 1.82) is 0 Å². The number of nitrogens with zero attached hydrogens (tertiary/aromatic N) is 1. The summed E-state index contributed by atoms with van der Waals surface area (Å²) in [5, 5.41) is 27.3. The summed E-state index contributed by atoms with van der Waals surface area (Å²) in [6, 6.07) is 8.03. The number of rotatable bonds is 4. The molecule has 1 saturated heterocycles. The van der Waals surface area contributed by atoms with E-state index < -0.39 is 29.2 Å². The van der Waals surface area contributed by atoms with Crippen molar-refractivity contribution in [3.05, 3.63) is 69.4 Å². The van der Waals surface area contributed by atoms with E-state index in [1.807, 2.05) is 0 Å². The van der Waals surface area contributed by atoms with Gasteiger partial charge >= 0.3 is 5.97 Å². The molecule has 4 N–H and O–H groups in total. The van der Waals surface area contributed by atoms with Gasteiger partial charge in [0.2, 0.25) is 0 Å². The number of likely N-dealkylation sites (tertiary alicyclic amines) is 1. The Balaban J connectivity index is 0.00000107. The van der Waals surface area contributed by atoms with Gasteiger partial charge in [0.05, 0.1) is 6.10 Å². The Bertz CT molecular complexity index is 1020. The SMILES string of the molecule is Cc1cc(=O)cc(C(=O)N2CC[C@H](O)[C@](Cc3cccc(F)c3)(C(=O)O)C2)[nH]1.O=CO.